The van der Waals surface area contributed by atoms with Gasteiger partial charge in [-0.25, -0.2) is 4.98 Å². The summed E-state index contributed by atoms with van der Waals surface area (Å²) in [5.74, 6) is 1.06. The van der Waals surface area contributed by atoms with Crippen molar-refractivity contribution >= 4 is 11.6 Å². The van der Waals surface area contributed by atoms with E-state index >= 15 is 0 Å². The summed E-state index contributed by atoms with van der Waals surface area (Å²) >= 11 is 6.61. The Morgan fingerprint density at radius 3 is 1.36 bits per heavy atom. The average Bonchev–Trinajstić information content (AvgIpc) is 3.50. The molecule has 1 aromatic heterocycles. The molecule has 0 N–H and O–H groups in total. The Morgan fingerprint density at radius 1 is 0.340 bits per heavy atom. The molecule has 0 fully saturated rings. The van der Waals surface area contributed by atoms with Crippen molar-refractivity contribution in [3.05, 3.63) is 210 Å². The van der Waals surface area contributed by atoms with E-state index in [1.165, 1.54) is 38.9 Å². The van der Waals surface area contributed by atoms with Gasteiger partial charge in [-0.05, 0) is 79.4 Å². The van der Waals surface area contributed by atoms with E-state index in [-0.39, 0.29) is 5.28 Å². The first-order chi connectivity index (χ1) is 24.7. The zero-order valence-corrected chi connectivity index (χ0v) is 27.8. The number of hydrogen-bond acceptors (Lipinski definition) is 3. The maximum atomic E-state index is 6.61. The van der Waals surface area contributed by atoms with E-state index in [9.17, 15) is 0 Å². The SMILES string of the molecule is Clc1nc(-c2ccc(-c3ccccc3)cc2)nc(-c2cccc(C3(c4cccc(-c5ccccc5)c4)c4ccccc4-c4ccccc43)c2)n1. The summed E-state index contributed by atoms with van der Waals surface area (Å²) in [7, 11) is 0. The predicted molar refractivity (Wildman–Crippen MR) is 204 cm³/mol. The zero-order chi connectivity index (χ0) is 33.5. The van der Waals surface area contributed by atoms with Crippen molar-refractivity contribution in [2.24, 2.45) is 0 Å². The predicted octanol–water partition coefficient (Wildman–Crippen LogP) is 11.6. The van der Waals surface area contributed by atoms with Crippen LogP contribution in [0.25, 0.3) is 56.2 Å². The van der Waals surface area contributed by atoms with Gasteiger partial charge in [-0.1, -0.05) is 170 Å². The molecule has 7 aromatic carbocycles. The number of fused-ring (bicyclic) bond motifs is 3. The highest BCUT2D eigenvalue weighted by molar-refractivity contribution is 6.28. The smallest absolute Gasteiger partial charge is 0.208 e. The Labute approximate surface area is 296 Å². The van der Waals surface area contributed by atoms with Crippen LogP contribution in [0.5, 0.6) is 0 Å². The molecule has 0 saturated heterocycles. The van der Waals surface area contributed by atoms with Gasteiger partial charge in [0.1, 0.15) is 0 Å². The van der Waals surface area contributed by atoms with E-state index < -0.39 is 5.41 Å². The van der Waals surface area contributed by atoms with E-state index in [1.54, 1.807) is 0 Å². The zero-order valence-electron chi connectivity index (χ0n) is 27.0. The van der Waals surface area contributed by atoms with Crippen LogP contribution in [0.3, 0.4) is 0 Å². The van der Waals surface area contributed by atoms with Crippen LogP contribution in [0.2, 0.25) is 5.28 Å². The summed E-state index contributed by atoms with van der Waals surface area (Å²) in [6.07, 6.45) is 0. The summed E-state index contributed by atoms with van der Waals surface area (Å²) in [5, 5.41) is 0.157. The molecule has 8 aromatic rings. The Kier molecular flexibility index (Phi) is 7.41. The Morgan fingerprint density at radius 2 is 0.760 bits per heavy atom. The fourth-order valence-electron chi connectivity index (χ4n) is 7.53. The molecule has 4 heteroatoms. The van der Waals surface area contributed by atoms with Crippen molar-refractivity contribution in [3.63, 3.8) is 0 Å². The highest BCUT2D eigenvalue weighted by atomic mass is 35.5. The minimum atomic E-state index is -0.582. The standard InChI is InChI=1S/C46H30ClN3/c47-45-49-43(34-27-25-33(26-28-34)31-13-3-1-4-14-31)48-44(50-45)36-18-12-20-38(30-36)46(37-19-11-17-35(29-37)32-15-5-2-6-16-32)41-23-9-7-21-39(41)40-22-8-10-24-42(40)46/h1-30H. The number of hydrogen-bond donors (Lipinski definition) is 0. The van der Waals surface area contributed by atoms with Gasteiger partial charge in [0.25, 0.3) is 0 Å². The quantitative estimate of drug-likeness (QED) is 0.178. The Bertz CT molecular complexity index is 2450. The van der Waals surface area contributed by atoms with E-state index in [4.69, 9.17) is 16.6 Å². The number of aromatic nitrogens is 3. The molecule has 0 amide bonds. The second-order valence-corrected chi connectivity index (χ2v) is 12.9. The second-order valence-electron chi connectivity index (χ2n) is 12.6. The molecular formula is C46H30ClN3. The van der Waals surface area contributed by atoms with Crippen LogP contribution in [0.15, 0.2) is 182 Å². The first kappa shape index (κ1) is 29.9. The summed E-state index contributed by atoms with van der Waals surface area (Å²) in [6.45, 7) is 0. The fraction of sp³-hybridized carbons (Fsp3) is 0.0217. The highest BCUT2D eigenvalue weighted by Crippen LogP contribution is 2.56. The van der Waals surface area contributed by atoms with Crippen LogP contribution in [0.4, 0.5) is 0 Å². The lowest BCUT2D eigenvalue weighted by molar-refractivity contribution is 0.769. The van der Waals surface area contributed by atoms with Crippen LogP contribution in [-0.2, 0) is 5.41 Å². The van der Waals surface area contributed by atoms with Crippen molar-refractivity contribution in [1.82, 2.24) is 15.0 Å². The summed E-state index contributed by atoms with van der Waals surface area (Å²) in [5.41, 5.74) is 13.1. The average molecular weight is 660 g/mol. The van der Waals surface area contributed by atoms with Crippen LogP contribution >= 0.6 is 11.6 Å². The molecular weight excluding hydrogens is 630 g/mol. The number of halogens is 1. The third-order valence-electron chi connectivity index (χ3n) is 9.77. The van der Waals surface area contributed by atoms with Crippen molar-refractivity contribution in [2.75, 3.05) is 0 Å². The molecule has 1 aliphatic carbocycles. The highest BCUT2D eigenvalue weighted by Gasteiger charge is 2.46. The summed E-state index contributed by atoms with van der Waals surface area (Å²) in [6, 6.07) is 64.3. The molecule has 1 aliphatic rings. The van der Waals surface area contributed by atoms with Gasteiger partial charge in [0.2, 0.25) is 5.28 Å². The van der Waals surface area contributed by atoms with Gasteiger partial charge in [0.15, 0.2) is 11.6 Å². The molecule has 50 heavy (non-hydrogen) atoms. The van der Waals surface area contributed by atoms with Crippen molar-refractivity contribution < 1.29 is 0 Å². The first-order valence-electron chi connectivity index (χ1n) is 16.7. The van der Waals surface area contributed by atoms with Gasteiger partial charge >= 0.3 is 0 Å². The van der Waals surface area contributed by atoms with E-state index in [0.717, 1.165) is 27.8 Å². The lowest BCUT2D eigenvalue weighted by Crippen LogP contribution is -2.28. The molecule has 0 aliphatic heterocycles. The maximum absolute atomic E-state index is 6.61. The summed E-state index contributed by atoms with van der Waals surface area (Å²) in [4.78, 5) is 14.2. The van der Waals surface area contributed by atoms with Crippen LogP contribution in [-0.4, -0.2) is 15.0 Å². The van der Waals surface area contributed by atoms with Crippen molar-refractivity contribution in [2.45, 2.75) is 5.41 Å². The van der Waals surface area contributed by atoms with Crippen molar-refractivity contribution in [1.29, 1.82) is 0 Å². The normalized spacial score (nSPS) is 12.7. The summed E-state index contributed by atoms with van der Waals surface area (Å²) < 4.78 is 0. The fourth-order valence-corrected chi connectivity index (χ4v) is 7.69. The third-order valence-corrected chi connectivity index (χ3v) is 9.94. The second kappa shape index (κ2) is 12.4. The lowest BCUT2D eigenvalue weighted by atomic mass is 9.67. The maximum Gasteiger partial charge on any atom is 0.226 e. The monoisotopic (exact) mass is 659 g/mol. The van der Waals surface area contributed by atoms with Crippen molar-refractivity contribution in [3.8, 4) is 56.2 Å². The minimum absolute atomic E-state index is 0.157. The molecule has 0 spiro atoms. The van der Waals surface area contributed by atoms with Crippen LogP contribution < -0.4 is 0 Å². The largest absolute Gasteiger partial charge is 0.226 e. The Balaban J connectivity index is 1.21. The van der Waals surface area contributed by atoms with Gasteiger partial charge in [0, 0.05) is 11.1 Å². The molecule has 9 rings (SSSR count). The van der Waals surface area contributed by atoms with Gasteiger partial charge in [-0.3, -0.25) is 0 Å². The van der Waals surface area contributed by atoms with Crippen LogP contribution in [0, 0.1) is 0 Å². The van der Waals surface area contributed by atoms with Gasteiger partial charge in [-0.15, -0.1) is 0 Å². The van der Waals surface area contributed by atoms with E-state index in [2.05, 4.69) is 162 Å². The first-order valence-corrected chi connectivity index (χ1v) is 17.1. The molecule has 3 nitrogen and oxygen atoms in total. The molecule has 236 valence electrons. The third kappa shape index (κ3) is 5.03. The number of benzene rings is 7. The van der Waals surface area contributed by atoms with Gasteiger partial charge in [-0.2, -0.15) is 9.97 Å². The molecule has 0 radical (unpaired) electrons. The molecule has 0 unspecified atom stereocenters. The van der Waals surface area contributed by atoms with Crippen LogP contribution in [0.1, 0.15) is 22.3 Å². The van der Waals surface area contributed by atoms with Gasteiger partial charge < -0.3 is 0 Å². The Hall–Kier alpha value is -6.16. The van der Waals surface area contributed by atoms with E-state index in [1.807, 2.05) is 30.3 Å². The molecule has 1 heterocycles. The number of rotatable bonds is 6. The molecule has 0 bridgehead atoms. The topological polar surface area (TPSA) is 38.7 Å². The lowest BCUT2D eigenvalue weighted by Gasteiger charge is -2.34. The molecule has 0 saturated carbocycles. The number of nitrogens with zero attached hydrogens (tertiary/aromatic N) is 3. The molecule has 0 atom stereocenters. The van der Waals surface area contributed by atoms with E-state index in [0.29, 0.717) is 11.6 Å². The minimum Gasteiger partial charge on any atom is -0.208 e. The van der Waals surface area contributed by atoms with Gasteiger partial charge in [0.05, 0.1) is 5.41 Å².